The van der Waals surface area contributed by atoms with E-state index in [4.69, 9.17) is 30.3 Å². The summed E-state index contributed by atoms with van der Waals surface area (Å²) >= 11 is 4.72. The fourth-order valence-corrected chi connectivity index (χ4v) is 4.79. The summed E-state index contributed by atoms with van der Waals surface area (Å²) in [5.74, 6) is -1.14. The Morgan fingerprint density at radius 1 is 1.08 bits per heavy atom. The van der Waals surface area contributed by atoms with Crippen molar-refractivity contribution in [3.63, 3.8) is 0 Å². The Morgan fingerprint density at radius 3 is 2.16 bits per heavy atom. The van der Waals surface area contributed by atoms with Crippen molar-refractivity contribution in [2.24, 2.45) is 0 Å². The van der Waals surface area contributed by atoms with Gasteiger partial charge in [-0.05, 0) is 13.0 Å². The number of rotatable bonds is 2. The Balaban J connectivity index is 2.32. The average Bonchev–Trinajstić information content (AvgIpc) is 2.88. The van der Waals surface area contributed by atoms with E-state index in [2.05, 4.69) is 4.52 Å². The Labute approximate surface area is 142 Å². The Kier molecular flexibility index (Phi) is 4.18. The highest BCUT2D eigenvalue weighted by atomic mass is 32.5. The molecular formula is C12H9F6O5PS. The van der Waals surface area contributed by atoms with Gasteiger partial charge in [-0.2, -0.15) is 26.3 Å². The van der Waals surface area contributed by atoms with Gasteiger partial charge in [-0.15, -0.1) is 0 Å². The second kappa shape index (κ2) is 5.63. The number of benzene rings is 1. The zero-order chi connectivity index (χ0) is 18.7. The lowest BCUT2D eigenvalue weighted by atomic mass is 9.91. The van der Waals surface area contributed by atoms with Crippen LogP contribution in [0.25, 0.3) is 0 Å². The van der Waals surface area contributed by atoms with E-state index in [-0.39, 0.29) is 24.9 Å². The molecule has 0 fully saturated rings. The number of hydrogen-bond acceptors (Lipinski definition) is 6. The van der Waals surface area contributed by atoms with Gasteiger partial charge in [0.15, 0.2) is 11.5 Å². The highest BCUT2D eigenvalue weighted by Gasteiger charge is 2.77. The predicted octanol–water partition coefficient (Wildman–Crippen LogP) is 4.41. The number of hydrogen-bond donors (Lipinski definition) is 0. The summed E-state index contributed by atoms with van der Waals surface area (Å²) in [6.45, 7) is -3.72. The second-order valence-electron chi connectivity index (χ2n) is 4.93. The van der Waals surface area contributed by atoms with Gasteiger partial charge >= 0.3 is 19.1 Å². The van der Waals surface area contributed by atoms with Gasteiger partial charge in [-0.1, -0.05) is 0 Å². The summed E-state index contributed by atoms with van der Waals surface area (Å²) in [7, 11) is 0. The van der Waals surface area contributed by atoms with Crippen molar-refractivity contribution < 1.29 is 49.4 Å². The van der Waals surface area contributed by atoms with E-state index in [0.29, 0.717) is 6.07 Å². The van der Waals surface area contributed by atoms with Crippen LogP contribution >= 0.6 is 6.72 Å². The van der Waals surface area contributed by atoms with E-state index in [1.807, 2.05) is 0 Å². The minimum atomic E-state index is -5.89. The molecule has 1 unspecified atom stereocenters. The van der Waals surface area contributed by atoms with Gasteiger partial charge in [0.25, 0.3) is 5.60 Å². The second-order valence-corrected chi connectivity index (χ2v) is 7.79. The predicted molar refractivity (Wildman–Crippen MR) is 74.0 cm³/mol. The zero-order valence-electron chi connectivity index (χ0n) is 12.2. The number of ether oxygens (including phenoxy) is 2. The number of fused-ring (bicyclic) bond motifs is 2. The van der Waals surface area contributed by atoms with Crippen LogP contribution in [-0.2, 0) is 26.5 Å². The van der Waals surface area contributed by atoms with Crippen LogP contribution in [0.2, 0.25) is 0 Å². The lowest BCUT2D eigenvalue weighted by molar-refractivity contribution is -0.369. The first kappa shape index (κ1) is 18.6. The average molecular weight is 410 g/mol. The van der Waals surface area contributed by atoms with Gasteiger partial charge in [-0.3, -0.25) is 9.05 Å². The number of halogens is 6. The lowest BCUT2D eigenvalue weighted by Gasteiger charge is -2.43. The fraction of sp³-hybridized carbons (Fsp3) is 0.500. The van der Waals surface area contributed by atoms with Crippen molar-refractivity contribution in [1.29, 1.82) is 0 Å². The molecule has 2 aliphatic heterocycles. The summed E-state index contributed by atoms with van der Waals surface area (Å²) in [5.41, 5.74) is -6.03. The molecule has 1 atom stereocenters. The van der Waals surface area contributed by atoms with Gasteiger partial charge in [0.2, 0.25) is 6.79 Å². The molecular weight excluding hydrogens is 401 g/mol. The summed E-state index contributed by atoms with van der Waals surface area (Å²) in [4.78, 5) is 0. The van der Waals surface area contributed by atoms with Crippen molar-refractivity contribution in [1.82, 2.24) is 0 Å². The van der Waals surface area contributed by atoms with Gasteiger partial charge in [-0.25, -0.2) is 0 Å². The first-order chi connectivity index (χ1) is 11.4. The Morgan fingerprint density at radius 2 is 1.64 bits per heavy atom. The van der Waals surface area contributed by atoms with Crippen molar-refractivity contribution in [2.45, 2.75) is 24.9 Å². The van der Waals surface area contributed by atoms with Crippen LogP contribution in [0, 0.1) is 0 Å². The van der Waals surface area contributed by atoms with E-state index in [0.717, 1.165) is 6.07 Å². The zero-order valence-corrected chi connectivity index (χ0v) is 13.9. The molecule has 0 saturated carbocycles. The molecule has 0 amide bonds. The third-order valence-corrected chi connectivity index (χ3v) is 5.65. The molecule has 2 aliphatic rings. The van der Waals surface area contributed by atoms with E-state index in [9.17, 15) is 26.3 Å². The van der Waals surface area contributed by atoms with Crippen LogP contribution in [-0.4, -0.2) is 25.8 Å². The molecule has 0 radical (unpaired) electrons. The minimum Gasteiger partial charge on any atom is -0.454 e. The molecule has 1 aromatic rings. The maximum Gasteiger partial charge on any atom is 0.431 e. The normalized spacial score (nSPS) is 24.6. The molecule has 13 heteroatoms. The molecule has 1 aromatic carbocycles. The van der Waals surface area contributed by atoms with E-state index < -0.39 is 36.0 Å². The lowest BCUT2D eigenvalue weighted by Crippen LogP contribution is -2.56. The number of alkyl halides is 6. The quantitative estimate of drug-likeness (QED) is 0.532. The molecule has 140 valence electrons. The standard InChI is InChI=1S/C12H9F6O5PS/c1-2-21-24(25)22-7-4-9-8(19-5-20-9)3-6(7)10(23-24,11(13,14)15)12(16,17)18/h3-4H,2,5H2,1H3. The van der Waals surface area contributed by atoms with Crippen LogP contribution in [0.5, 0.6) is 17.2 Å². The fourth-order valence-electron chi connectivity index (χ4n) is 2.41. The maximum absolute atomic E-state index is 13.6. The van der Waals surface area contributed by atoms with E-state index in [1.165, 1.54) is 6.92 Å². The third kappa shape index (κ3) is 2.75. The molecule has 2 heterocycles. The third-order valence-electron chi connectivity index (χ3n) is 3.40. The molecule has 0 bridgehead atoms. The molecule has 0 spiro atoms. The van der Waals surface area contributed by atoms with Crippen molar-refractivity contribution in [3.05, 3.63) is 17.7 Å². The largest absolute Gasteiger partial charge is 0.454 e. The molecule has 0 N–H and O–H groups in total. The highest BCUT2D eigenvalue weighted by molar-refractivity contribution is 8.07. The van der Waals surface area contributed by atoms with E-state index in [1.54, 1.807) is 0 Å². The maximum atomic E-state index is 13.6. The smallest absolute Gasteiger partial charge is 0.431 e. The summed E-state index contributed by atoms with van der Waals surface area (Å²) < 4.78 is 106. The van der Waals surface area contributed by atoms with Gasteiger partial charge in [0, 0.05) is 23.4 Å². The summed E-state index contributed by atoms with van der Waals surface area (Å²) in [5, 5.41) is 0. The Hall–Kier alpha value is -1.23. The SMILES string of the molecule is CCOP1(=S)Oc2cc3c(cc2C(C(F)(F)F)(C(F)(F)F)O1)OCO3. The molecule has 25 heavy (non-hydrogen) atoms. The first-order valence-electron chi connectivity index (χ1n) is 6.66. The van der Waals surface area contributed by atoms with Crippen LogP contribution in [0.3, 0.4) is 0 Å². The van der Waals surface area contributed by atoms with Gasteiger partial charge in [0.1, 0.15) is 5.75 Å². The minimum absolute atomic E-state index is 0.0723. The highest BCUT2D eigenvalue weighted by Crippen LogP contribution is 2.69. The molecule has 0 aromatic heterocycles. The summed E-state index contributed by atoms with van der Waals surface area (Å²) in [6, 6.07) is 1.38. The molecule has 0 aliphatic carbocycles. The van der Waals surface area contributed by atoms with Crippen LogP contribution in [0.4, 0.5) is 26.3 Å². The van der Waals surface area contributed by atoms with Crippen molar-refractivity contribution in [2.75, 3.05) is 13.4 Å². The molecule has 5 nitrogen and oxygen atoms in total. The van der Waals surface area contributed by atoms with Gasteiger partial charge < -0.3 is 14.0 Å². The monoisotopic (exact) mass is 410 g/mol. The summed E-state index contributed by atoms with van der Waals surface area (Å²) in [6.07, 6.45) is -11.8. The Bertz CT molecular complexity index is 735. The molecule has 0 saturated heterocycles. The van der Waals surface area contributed by atoms with Gasteiger partial charge in [0.05, 0.1) is 6.61 Å². The molecule has 3 rings (SSSR count). The first-order valence-corrected chi connectivity index (χ1v) is 9.21. The van der Waals surface area contributed by atoms with Crippen LogP contribution in [0.15, 0.2) is 12.1 Å². The van der Waals surface area contributed by atoms with Crippen molar-refractivity contribution >= 4 is 18.5 Å². The van der Waals surface area contributed by atoms with E-state index >= 15 is 0 Å². The topological polar surface area (TPSA) is 46.2 Å². The van der Waals surface area contributed by atoms with Crippen molar-refractivity contribution in [3.8, 4) is 17.2 Å². The van der Waals surface area contributed by atoms with Crippen LogP contribution < -0.4 is 14.0 Å². The van der Waals surface area contributed by atoms with Crippen LogP contribution in [0.1, 0.15) is 12.5 Å².